The van der Waals surface area contributed by atoms with Gasteiger partial charge in [0, 0.05) is 27.7 Å². The minimum Gasteiger partial charge on any atom is -0.466 e. The molecule has 2 fully saturated rings. The van der Waals surface area contributed by atoms with Gasteiger partial charge in [-0.2, -0.15) is 0 Å². The maximum Gasteiger partial charge on any atom is 0.312 e. The number of ether oxygens (including phenoxy) is 6. The van der Waals surface area contributed by atoms with E-state index in [0.717, 1.165) is 13.8 Å². The van der Waals surface area contributed by atoms with Crippen molar-refractivity contribution in [1.82, 2.24) is 0 Å². The van der Waals surface area contributed by atoms with E-state index in [1.54, 1.807) is 0 Å². The average Bonchev–Trinajstić information content (AvgIpc) is 2.90. The van der Waals surface area contributed by atoms with E-state index < -0.39 is 66.3 Å². The summed E-state index contributed by atoms with van der Waals surface area (Å²) in [7, 11) is 0. The number of hydrogen-bond donors (Lipinski definition) is 0. The first kappa shape index (κ1) is 22.6. The van der Waals surface area contributed by atoms with E-state index in [2.05, 4.69) is 0 Å². The third-order valence-electron chi connectivity index (χ3n) is 4.41. The Labute approximate surface area is 166 Å². The maximum atomic E-state index is 12.4. The van der Waals surface area contributed by atoms with Crippen molar-refractivity contribution in [2.75, 3.05) is 13.2 Å². The zero-order valence-electron chi connectivity index (χ0n) is 16.6. The lowest BCUT2D eigenvalue weighted by atomic mass is 9.88. The molecule has 2 unspecified atom stereocenters. The van der Waals surface area contributed by atoms with Crippen molar-refractivity contribution in [3.63, 3.8) is 0 Å². The Morgan fingerprint density at radius 1 is 0.828 bits per heavy atom. The normalized spacial score (nSPS) is 30.6. The van der Waals surface area contributed by atoms with Crippen molar-refractivity contribution in [2.45, 2.75) is 64.6 Å². The minimum atomic E-state index is -1.16. The molecule has 2 aliphatic heterocycles. The number of rotatable bonds is 7. The first-order chi connectivity index (χ1) is 13.6. The largest absolute Gasteiger partial charge is 0.466 e. The predicted molar refractivity (Wildman–Crippen MR) is 91.0 cm³/mol. The lowest BCUT2D eigenvalue weighted by molar-refractivity contribution is -0.240. The first-order valence-corrected chi connectivity index (χ1v) is 9.07. The second kappa shape index (κ2) is 9.68. The van der Waals surface area contributed by atoms with Gasteiger partial charge in [-0.25, -0.2) is 0 Å². The molecule has 2 rings (SSSR count). The topological polar surface area (TPSA) is 141 Å². The minimum absolute atomic E-state index is 0.0398. The molecule has 0 aromatic rings. The van der Waals surface area contributed by atoms with Crippen molar-refractivity contribution >= 4 is 29.8 Å². The van der Waals surface area contributed by atoms with Crippen LogP contribution in [0.25, 0.3) is 0 Å². The Bertz CT molecular complexity index is 673. The predicted octanol–water partition coefficient (Wildman–Crippen LogP) is -0.325. The van der Waals surface area contributed by atoms with Crippen LogP contribution in [-0.2, 0) is 52.4 Å². The van der Waals surface area contributed by atoms with Gasteiger partial charge < -0.3 is 28.4 Å². The molecule has 0 aromatic carbocycles. The molecule has 11 heteroatoms. The van der Waals surface area contributed by atoms with Crippen molar-refractivity contribution in [3.05, 3.63) is 0 Å². The van der Waals surface area contributed by atoms with Gasteiger partial charge in [0.1, 0.15) is 18.8 Å². The van der Waals surface area contributed by atoms with Crippen LogP contribution >= 0.6 is 0 Å². The van der Waals surface area contributed by atoms with Crippen LogP contribution in [0.15, 0.2) is 0 Å². The fourth-order valence-electron chi connectivity index (χ4n) is 3.36. The fraction of sp³-hybridized carbons (Fsp3) is 0.722. The van der Waals surface area contributed by atoms with Gasteiger partial charge in [0.2, 0.25) is 0 Å². The second-order valence-corrected chi connectivity index (χ2v) is 6.73. The van der Waals surface area contributed by atoms with Gasteiger partial charge in [0.25, 0.3) is 0 Å². The monoisotopic (exact) mass is 416 g/mol. The molecule has 6 atom stereocenters. The number of fused-ring (bicyclic) bond motifs is 1. The highest BCUT2D eigenvalue weighted by Gasteiger charge is 2.59. The van der Waals surface area contributed by atoms with Gasteiger partial charge >= 0.3 is 29.8 Å². The van der Waals surface area contributed by atoms with E-state index in [-0.39, 0.29) is 19.6 Å². The molecule has 29 heavy (non-hydrogen) atoms. The molecule has 2 heterocycles. The average molecular weight is 416 g/mol. The Hall–Kier alpha value is -2.69. The Morgan fingerprint density at radius 2 is 1.41 bits per heavy atom. The van der Waals surface area contributed by atoms with Gasteiger partial charge in [-0.05, 0) is 6.42 Å². The second-order valence-electron chi connectivity index (χ2n) is 6.73. The summed E-state index contributed by atoms with van der Waals surface area (Å²) < 4.78 is 31.6. The fourth-order valence-corrected chi connectivity index (χ4v) is 3.36. The lowest BCUT2D eigenvalue weighted by Gasteiger charge is -2.42. The third-order valence-corrected chi connectivity index (χ3v) is 4.41. The molecule has 0 saturated carbocycles. The van der Waals surface area contributed by atoms with E-state index in [4.69, 9.17) is 28.4 Å². The van der Waals surface area contributed by atoms with Crippen LogP contribution in [0.5, 0.6) is 0 Å². The van der Waals surface area contributed by atoms with Crippen LogP contribution in [0.1, 0.15) is 34.1 Å². The summed E-state index contributed by atoms with van der Waals surface area (Å²) in [6.45, 7) is 4.41. The van der Waals surface area contributed by atoms with Crippen molar-refractivity contribution in [2.24, 2.45) is 5.92 Å². The molecular weight excluding hydrogens is 392 g/mol. The van der Waals surface area contributed by atoms with E-state index in [0.29, 0.717) is 0 Å². The highest BCUT2D eigenvalue weighted by Crippen LogP contribution is 2.38. The number of esters is 5. The number of carbonyl (C=O) groups is 5. The summed E-state index contributed by atoms with van der Waals surface area (Å²) in [4.78, 5) is 57.8. The Morgan fingerprint density at radius 3 is 1.97 bits per heavy atom. The van der Waals surface area contributed by atoms with Crippen LogP contribution in [0.3, 0.4) is 0 Å². The third kappa shape index (κ3) is 5.89. The first-order valence-electron chi connectivity index (χ1n) is 9.07. The molecule has 11 nitrogen and oxygen atoms in total. The van der Waals surface area contributed by atoms with E-state index >= 15 is 0 Å². The molecule has 0 bridgehead atoms. The SMILES string of the molecule is CC(=O)OCCC1C(=O)O[C@@H]2C1O[C@H](COC(C)=O)[C@@H](OC(C)=O)[C@@H]2OC(C)=O. The van der Waals surface area contributed by atoms with Crippen LogP contribution in [0, 0.1) is 5.92 Å². The number of carbonyl (C=O) groups excluding carboxylic acids is 5. The summed E-state index contributed by atoms with van der Waals surface area (Å²) in [5.41, 5.74) is 0. The van der Waals surface area contributed by atoms with Gasteiger partial charge in [-0.15, -0.1) is 0 Å². The summed E-state index contributed by atoms with van der Waals surface area (Å²) in [5.74, 6) is -3.89. The molecule has 0 amide bonds. The van der Waals surface area contributed by atoms with Crippen LogP contribution in [-0.4, -0.2) is 73.6 Å². The van der Waals surface area contributed by atoms with Crippen LogP contribution in [0.4, 0.5) is 0 Å². The Kier molecular flexibility index (Phi) is 7.54. The number of hydrogen-bond acceptors (Lipinski definition) is 11. The molecule has 2 saturated heterocycles. The zero-order chi connectivity index (χ0) is 21.7. The van der Waals surface area contributed by atoms with Crippen LogP contribution < -0.4 is 0 Å². The molecule has 2 aliphatic rings. The van der Waals surface area contributed by atoms with Gasteiger partial charge in [0.05, 0.1) is 12.5 Å². The van der Waals surface area contributed by atoms with Crippen molar-refractivity contribution in [3.8, 4) is 0 Å². The summed E-state index contributed by atoms with van der Waals surface area (Å²) in [5, 5.41) is 0. The van der Waals surface area contributed by atoms with E-state index in [1.807, 2.05) is 0 Å². The quantitative estimate of drug-likeness (QED) is 0.398. The standard InChI is InChI=1S/C18H24O11/c1-8(19)24-6-5-12-14-16(29-18(12)23)17(27-11(4)22)15(26-10(3)21)13(28-14)7-25-9(2)20/h12-17H,5-7H2,1-4H3/t12?,13-,14?,15-,16-,17+/m1/s1. The van der Waals surface area contributed by atoms with Crippen molar-refractivity contribution in [1.29, 1.82) is 0 Å². The molecule has 162 valence electrons. The molecule has 0 spiro atoms. The zero-order valence-corrected chi connectivity index (χ0v) is 16.6. The smallest absolute Gasteiger partial charge is 0.312 e. The summed E-state index contributed by atoms with van der Waals surface area (Å²) in [6, 6.07) is 0. The molecule has 0 radical (unpaired) electrons. The van der Waals surface area contributed by atoms with Gasteiger partial charge in [0.15, 0.2) is 18.3 Å². The van der Waals surface area contributed by atoms with Gasteiger partial charge in [-0.3, -0.25) is 24.0 Å². The highest BCUT2D eigenvalue weighted by molar-refractivity contribution is 5.76. The summed E-state index contributed by atoms with van der Waals surface area (Å²) >= 11 is 0. The maximum absolute atomic E-state index is 12.4. The lowest BCUT2D eigenvalue weighted by Crippen LogP contribution is -2.61. The van der Waals surface area contributed by atoms with Gasteiger partial charge in [-0.1, -0.05) is 0 Å². The molecule has 0 N–H and O–H groups in total. The van der Waals surface area contributed by atoms with E-state index in [9.17, 15) is 24.0 Å². The molecule has 0 aliphatic carbocycles. The van der Waals surface area contributed by atoms with Crippen molar-refractivity contribution < 1.29 is 52.4 Å². The Balaban J connectivity index is 2.28. The highest BCUT2D eigenvalue weighted by atomic mass is 16.7. The van der Waals surface area contributed by atoms with Crippen LogP contribution in [0.2, 0.25) is 0 Å². The van der Waals surface area contributed by atoms with E-state index in [1.165, 1.54) is 13.8 Å². The summed E-state index contributed by atoms with van der Waals surface area (Å²) in [6.07, 6.45) is -5.11. The molecule has 0 aromatic heterocycles. The molecular formula is C18H24O11.